The molecule has 1 saturated heterocycles. The van der Waals surface area contributed by atoms with Gasteiger partial charge in [0.15, 0.2) is 0 Å². The van der Waals surface area contributed by atoms with Crippen molar-refractivity contribution in [1.29, 1.82) is 0 Å². The van der Waals surface area contributed by atoms with Gasteiger partial charge in [-0.1, -0.05) is 17.7 Å². The number of amides is 1. The summed E-state index contributed by atoms with van der Waals surface area (Å²) in [6.45, 7) is 4.76. The number of rotatable bonds is 3. The Bertz CT molecular complexity index is 431. The third-order valence-corrected chi connectivity index (χ3v) is 3.63. The van der Waals surface area contributed by atoms with Gasteiger partial charge in [-0.3, -0.25) is 4.79 Å². The summed E-state index contributed by atoms with van der Waals surface area (Å²) in [5.74, 6) is 0.456. The second kappa shape index (κ2) is 7.73. The molecule has 2 N–H and O–H groups in total. The lowest BCUT2D eigenvalue weighted by Crippen LogP contribution is -2.38. The van der Waals surface area contributed by atoms with Crippen molar-refractivity contribution in [3.63, 3.8) is 0 Å². The molecule has 0 spiro atoms. The first-order valence-corrected chi connectivity index (χ1v) is 6.79. The Labute approximate surface area is 125 Å². The standard InChI is InChI=1S/C14H19ClN2O.ClH/c1-10-4-5-12(13(15)7-10)14(18)17-9-11-3-2-6-16-8-11;/h4-5,7,11,16H,2-3,6,8-9H2,1H3,(H,17,18);1H. The summed E-state index contributed by atoms with van der Waals surface area (Å²) in [6.07, 6.45) is 2.36. The van der Waals surface area contributed by atoms with Crippen LogP contribution in [0, 0.1) is 12.8 Å². The Hall–Kier alpha value is -0.770. The van der Waals surface area contributed by atoms with Crippen LogP contribution in [0.1, 0.15) is 28.8 Å². The van der Waals surface area contributed by atoms with Gasteiger partial charge in [0, 0.05) is 6.54 Å². The lowest BCUT2D eigenvalue weighted by Gasteiger charge is -2.22. The molecular formula is C14H20Cl2N2O. The number of benzene rings is 1. The van der Waals surface area contributed by atoms with Gasteiger partial charge in [0.2, 0.25) is 0 Å². The van der Waals surface area contributed by atoms with Crippen molar-refractivity contribution >= 4 is 29.9 Å². The highest BCUT2D eigenvalue weighted by Crippen LogP contribution is 2.17. The van der Waals surface area contributed by atoms with E-state index in [4.69, 9.17) is 11.6 Å². The van der Waals surface area contributed by atoms with E-state index >= 15 is 0 Å². The molecule has 1 aromatic rings. The summed E-state index contributed by atoms with van der Waals surface area (Å²) < 4.78 is 0. The SMILES string of the molecule is Cc1ccc(C(=O)NCC2CCCNC2)c(Cl)c1.Cl. The molecule has 0 bridgehead atoms. The van der Waals surface area contributed by atoms with Crippen molar-refractivity contribution in [1.82, 2.24) is 10.6 Å². The fourth-order valence-corrected chi connectivity index (χ4v) is 2.56. The average Bonchev–Trinajstić information content (AvgIpc) is 2.37. The molecule has 1 aliphatic rings. The maximum atomic E-state index is 12.0. The van der Waals surface area contributed by atoms with E-state index in [1.165, 1.54) is 12.8 Å². The minimum absolute atomic E-state index is 0. The molecule has 0 radical (unpaired) electrons. The van der Waals surface area contributed by atoms with Gasteiger partial charge in [0.05, 0.1) is 10.6 Å². The first-order valence-electron chi connectivity index (χ1n) is 6.42. The first-order chi connectivity index (χ1) is 8.66. The molecule has 1 aromatic carbocycles. The Kier molecular flexibility index (Phi) is 6.63. The molecule has 3 nitrogen and oxygen atoms in total. The highest BCUT2D eigenvalue weighted by atomic mass is 35.5. The van der Waals surface area contributed by atoms with Crippen LogP contribution >= 0.6 is 24.0 Å². The fourth-order valence-electron chi connectivity index (χ4n) is 2.23. The van der Waals surface area contributed by atoms with E-state index in [9.17, 15) is 4.79 Å². The van der Waals surface area contributed by atoms with E-state index in [0.29, 0.717) is 16.5 Å². The van der Waals surface area contributed by atoms with Crippen LogP contribution < -0.4 is 10.6 Å². The number of carbonyl (C=O) groups is 1. The van der Waals surface area contributed by atoms with Crippen LogP contribution in [0.4, 0.5) is 0 Å². The van der Waals surface area contributed by atoms with Crippen molar-refractivity contribution in [2.75, 3.05) is 19.6 Å². The van der Waals surface area contributed by atoms with Gasteiger partial charge in [-0.2, -0.15) is 0 Å². The summed E-state index contributed by atoms with van der Waals surface area (Å²) in [6, 6.07) is 5.51. The number of hydrogen-bond acceptors (Lipinski definition) is 2. The Morgan fingerprint density at radius 1 is 1.53 bits per heavy atom. The lowest BCUT2D eigenvalue weighted by atomic mass is 9.99. The Morgan fingerprint density at radius 2 is 2.32 bits per heavy atom. The number of piperidine rings is 1. The van der Waals surface area contributed by atoms with Gasteiger partial charge < -0.3 is 10.6 Å². The fraction of sp³-hybridized carbons (Fsp3) is 0.500. The van der Waals surface area contributed by atoms with Gasteiger partial charge in [-0.15, -0.1) is 12.4 Å². The summed E-state index contributed by atoms with van der Waals surface area (Å²) >= 11 is 6.07. The number of hydrogen-bond donors (Lipinski definition) is 2. The van der Waals surface area contributed by atoms with Crippen LogP contribution in [0.5, 0.6) is 0 Å². The van der Waals surface area contributed by atoms with Gasteiger partial charge >= 0.3 is 0 Å². The van der Waals surface area contributed by atoms with Crippen molar-refractivity contribution < 1.29 is 4.79 Å². The highest BCUT2D eigenvalue weighted by molar-refractivity contribution is 6.33. The van der Waals surface area contributed by atoms with Gasteiger partial charge in [-0.05, 0) is 56.5 Å². The molecule has 1 amide bonds. The van der Waals surface area contributed by atoms with Crippen molar-refractivity contribution in [3.8, 4) is 0 Å². The molecule has 0 aliphatic carbocycles. The number of carbonyl (C=O) groups excluding carboxylic acids is 1. The van der Waals surface area contributed by atoms with E-state index in [1.54, 1.807) is 6.07 Å². The van der Waals surface area contributed by atoms with E-state index in [-0.39, 0.29) is 18.3 Å². The topological polar surface area (TPSA) is 41.1 Å². The molecular weight excluding hydrogens is 283 g/mol. The second-order valence-electron chi connectivity index (χ2n) is 4.91. The Balaban J connectivity index is 0.00000180. The first kappa shape index (κ1) is 16.3. The summed E-state index contributed by atoms with van der Waals surface area (Å²) in [7, 11) is 0. The van der Waals surface area contributed by atoms with Crippen LogP contribution in [0.25, 0.3) is 0 Å². The monoisotopic (exact) mass is 302 g/mol. The zero-order valence-electron chi connectivity index (χ0n) is 11.0. The largest absolute Gasteiger partial charge is 0.352 e. The quantitative estimate of drug-likeness (QED) is 0.901. The maximum Gasteiger partial charge on any atom is 0.252 e. The van der Waals surface area contributed by atoms with Crippen molar-refractivity contribution in [3.05, 3.63) is 34.3 Å². The molecule has 19 heavy (non-hydrogen) atoms. The number of nitrogens with one attached hydrogen (secondary N) is 2. The third-order valence-electron chi connectivity index (χ3n) is 3.32. The molecule has 1 heterocycles. The summed E-state index contributed by atoms with van der Waals surface area (Å²) in [5.41, 5.74) is 1.62. The molecule has 0 saturated carbocycles. The minimum atomic E-state index is -0.0782. The highest BCUT2D eigenvalue weighted by Gasteiger charge is 2.15. The van der Waals surface area contributed by atoms with Crippen LogP contribution in [-0.4, -0.2) is 25.5 Å². The van der Waals surface area contributed by atoms with Gasteiger partial charge in [-0.25, -0.2) is 0 Å². The summed E-state index contributed by atoms with van der Waals surface area (Å²) in [5, 5.41) is 6.83. The smallest absolute Gasteiger partial charge is 0.252 e. The molecule has 1 fully saturated rings. The normalized spacial score (nSPS) is 18.5. The molecule has 1 atom stereocenters. The minimum Gasteiger partial charge on any atom is -0.352 e. The maximum absolute atomic E-state index is 12.0. The predicted molar refractivity (Wildman–Crippen MR) is 81.4 cm³/mol. The molecule has 2 rings (SSSR count). The molecule has 0 aromatic heterocycles. The molecule has 106 valence electrons. The van der Waals surface area contributed by atoms with Gasteiger partial charge in [0.25, 0.3) is 5.91 Å². The van der Waals surface area contributed by atoms with Crippen molar-refractivity contribution in [2.24, 2.45) is 5.92 Å². The molecule has 1 unspecified atom stereocenters. The lowest BCUT2D eigenvalue weighted by molar-refractivity contribution is 0.0945. The average molecular weight is 303 g/mol. The van der Waals surface area contributed by atoms with E-state index in [0.717, 1.165) is 25.2 Å². The van der Waals surface area contributed by atoms with Crippen LogP contribution in [-0.2, 0) is 0 Å². The number of halogens is 2. The van der Waals surface area contributed by atoms with E-state index in [2.05, 4.69) is 10.6 Å². The molecule has 1 aliphatic heterocycles. The summed E-state index contributed by atoms with van der Waals surface area (Å²) in [4.78, 5) is 12.0. The van der Waals surface area contributed by atoms with E-state index < -0.39 is 0 Å². The predicted octanol–water partition coefficient (Wildman–Crippen LogP) is 2.80. The van der Waals surface area contributed by atoms with Crippen LogP contribution in [0.3, 0.4) is 0 Å². The second-order valence-corrected chi connectivity index (χ2v) is 5.31. The zero-order chi connectivity index (χ0) is 13.0. The van der Waals surface area contributed by atoms with Crippen LogP contribution in [0.15, 0.2) is 18.2 Å². The van der Waals surface area contributed by atoms with Crippen molar-refractivity contribution in [2.45, 2.75) is 19.8 Å². The van der Waals surface area contributed by atoms with Gasteiger partial charge in [0.1, 0.15) is 0 Å². The molecule has 5 heteroatoms. The third kappa shape index (κ3) is 4.68. The Morgan fingerprint density at radius 3 is 2.95 bits per heavy atom. The van der Waals surface area contributed by atoms with Crippen LogP contribution in [0.2, 0.25) is 5.02 Å². The zero-order valence-corrected chi connectivity index (χ0v) is 12.6. The number of aryl methyl sites for hydroxylation is 1. The van der Waals surface area contributed by atoms with E-state index in [1.807, 2.05) is 19.1 Å².